The fraction of sp³-hybridized carbons (Fsp3) is 0.444. The van der Waals surface area contributed by atoms with Gasteiger partial charge >= 0.3 is 0 Å². The average molecular weight is 394 g/mol. The molecule has 1 aliphatic heterocycles. The second-order valence-electron chi connectivity index (χ2n) is 7.31. The van der Waals surface area contributed by atoms with E-state index >= 15 is 0 Å². The van der Waals surface area contributed by atoms with E-state index in [-0.39, 0.29) is 37.0 Å². The highest BCUT2D eigenvalue weighted by atomic mass is 19.1. The first-order valence-corrected chi connectivity index (χ1v) is 8.59. The number of carbonyl (C=O) groups is 4. The van der Waals surface area contributed by atoms with Gasteiger partial charge in [0, 0.05) is 17.6 Å². The van der Waals surface area contributed by atoms with Gasteiger partial charge in [-0.05, 0) is 18.2 Å². The summed E-state index contributed by atoms with van der Waals surface area (Å²) in [5.74, 6) is -3.60. The summed E-state index contributed by atoms with van der Waals surface area (Å²) >= 11 is 0. The Balaban J connectivity index is 2.14. The summed E-state index contributed by atoms with van der Waals surface area (Å²) in [6.45, 7) is 5.20. The van der Waals surface area contributed by atoms with E-state index in [0.29, 0.717) is 0 Å². The number of anilines is 2. The van der Waals surface area contributed by atoms with Crippen molar-refractivity contribution in [2.24, 2.45) is 11.1 Å². The maximum atomic E-state index is 14.4. The summed E-state index contributed by atoms with van der Waals surface area (Å²) in [6.07, 6.45) is 0. The Bertz CT molecular complexity index is 806. The molecule has 1 saturated heterocycles. The van der Waals surface area contributed by atoms with E-state index in [9.17, 15) is 23.6 Å². The Morgan fingerprint density at radius 3 is 2.50 bits per heavy atom. The number of carbonyl (C=O) groups excluding carboxylic acids is 4. The third-order valence-corrected chi connectivity index (χ3v) is 4.00. The molecule has 10 heteroatoms. The molecule has 1 heterocycles. The van der Waals surface area contributed by atoms with Crippen LogP contribution in [-0.4, -0.2) is 49.4 Å². The van der Waals surface area contributed by atoms with Crippen molar-refractivity contribution in [3.8, 4) is 0 Å². The lowest BCUT2D eigenvalue weighted by Crippen LogP contribution is -2.54. The molecule has 4 amide bonds. The first-order valence-electron chi connectivity index (χ1n) is 8.59. The Kier molecular flexibility index (Phi) is 6.34. The fourth-order valence-corrected chi connectivity index (χ4v) is 2.40. The van der Waals surface area contributed by atoms with Gasteiger partial charge in [-0.3, -0.25) is 19.2 Å². The standard InChI is InChI=1S/C18H23FN4O5/c1-18(2,3)17(27)22-14(15(20)25)16(26)21-10-4-5-12(11(19)8-10)23-6-7-28-9-13(23)24/h4-5,8,14H,6-7,9H2,1-3H3,(H2,20,25)(H,21,26)(H,22,27)/t14-/m1/s1. The van der Waals surface area contributed by atoms with Gasteiger partial charge < -0.3 is 26.0 Å². The third kappa shape index (κ3) is 5.03. The molecule has 1 aromatic carbocycles. The Morgan fingerprint density at radius 2 is 1.96 bits per heavy atom. The first-order chi connectivity index (χ1) is 13.0. The predicted octanol–water partition coefficient (Wildman–Crippen LogP) is 0.144. The number of primary amides is 1. The minimum atomic E-state index is -1.62. The van der Waals surface area contributed by atoms with Crippen LogP contribution in [0.4, 0.5) is 15.8 Å². The lowest BCUT2D eigenvalue weighted by Gasteiger charge is -2.27. The van der Waals surface area contributed by atoms with Gasteiger partial charge in [-0.25, -0.2) is 4.39 Å². The lowest BCUT2D eigenvalue weighted by molar-refractivity contribution is -0.136. The largest absolute Gasteiger partial charge is 0.370 e. The number of nitrogens with zero attached hydrogens (tertiary/aromatic N) is 1. The van der Waals surface area contributed by atoms with Crippen molar-refractivity contribution in [2.45, 2.75) is 26.8 Å². The molecule has 1 aliphatic rings. The topological polar surface area (TPSA) is 131 Å². The molecule has 0 aliphatic carbocycles. The van der Waals surface area contributed by atoms with E-state index < -0.39 is 35.0 Å². The number of ether oxygens (including phenoxy) is 1. The average Bonchev–Trinajstić information content (AvgIpc) is 2.59. The minimum absolute atomic E-state index is 0.0446. The molecule has 4 N–H and O–H groups in total. The van der Waals surface area contributed by atoms with Gasteiger partial charge in [-0.15, -0.1) is 0 Å². The summed E-state index contributed by atoms with van der Waals surface area (Å²) in [4.78, 5) is 49.0. The van der Waals surface area contributed by atoms with Gasteiger partial charge in [0.1, 0.15) is 12.4 Å². The summed E-state index contributed by atoms with van der Waals surface area (Å²) < 4.78 is 19.4. The highest BCUT2D eigenvalue weighted by Gasteiger charge is 2.31. The summed E-state index contributed by atoms with van der Waals surface area (Å²) in [5.41, 5.74) is 4.46. The molecule has 2 rings (SSSR count). The van der Waals surface area contributed by atoms with Crippen molar-refractivity contribution >= 4 is 35.0 Å². The van der Waals surface area contributed by atoms with Gasteiger partial charge in [0.05, 0.1) is 12.3 Å². The van der Waals surface area contributed by atoms with Crippen molar-refractivity contribution < 1.29 is 28.3 Å². The summed E-state index contributed by atoms with van der Waals surface area (Å²) in [6, 6.07) is 2.11. The number of hydrogen-bond acceptors (Lipinski definition) is 5. The monoisotopic (exact) mass is 394 g/mol. The molecule has 0 spiro atoms. The second-order valence-corrected chi connectivity index (χ2v) is 7.31. The van der Waals surface area contributed by atoms with Crippen molar-refractivity contribution in [3.63, 3.8) is 0 Å². The lowest BCUT2D eigenvalue weighted by atomic mass is 9.95. The van der Waals surface area contributed by atoms with Gasteiger partial charge in [-0.2, -0.15) is 0 Å². The molecular weight excluding hydrogens is 371 g/mol. The number of rotatable bonds is 5. The molecule has 1 aromatic rings. The highest BCUT2D eigenvalue weighted by molar-refractivity contribution is 6.11. The third-order valence-electron chi connectivity index (χ3n) is 4.00. The van der Waals surface area contributed by atoms with E-state index in [1.165, 1.54) is 17.0 Å². The molecule has 0 bridgehead atoms. The molecule has 28 heavy (non-hydrogen) atoms. The number of halogens is 1. The zero-order valence-electron chi connectivity index (χ0n) is 15.9. The zero-order chi connectivity index (χ0) is 21.1. The van der Waals surface area contributed by atoms with Gasteiger partial charge in [-0.1, -0.05) is 20.8 Å². The zero-order valence-corrected chi connectivity index (χ0v) is 15.9. The molecule has 0 saturated carbocycles. The normalized spacial score (nSPS) is 15.7. The van der Waals surface area contributed by atoms with Crippen molar-refractivity contribution in [1.82, 2.24) is 5.32 Å². The minimum Gasteiger partial charge on any atom is -0.370 e. The number of morpholine rings is 1. The number of nitrogens with two attached hydrogens (primary N) is 1. The molecule has 0 radical (unpaired) electrons. The van der Waals surface area contributed by atoms with Gasteiger partial charge in [0.15, 0.2) is 6.04 Å². The maximum absolute atomic E-state index is 14.4. The highest BCUT2D eigenvalue weighted by Crippen LogP contribution is 2.24. The van der Waals surface area contributed by atoms with Crippen LogP contribution in [0.1, 0.15) is 20.8 Å². The van der Waals surface area contributed by atoms with E-state index in [1.807, 2.05) is 0 Å². The molecule has 9 nitrogen and oxygen atoms in total. The number of amides is 4. The van der Waals surface area contributed by atoms with Crippen LogP contribution in [-0.2, 0) is 23.9 Å². The molecule has 1 fully saturated rings. The second kappa shape index (κ2) is 8.34. The molecule has 152 valence electrons. The number of nitrogens with one attached hydrogen (secondary N) is 2. The van der Waals surface area contributed by atoms with Crippen LogP contribution in [0.25, 0.3) is 0 Å². The van der Waals surface area contributed by atoms with Crippen molar-refractivity contribution in [2.75, 3.05) is 30.0 Å². The molecule has 0 unspecified atom stereocenters. The Hall–Kier alpha value is -3.01. The SMILES string of the molecule is CC(C)(C)C(=O)N[C@H](C(N)=O)C(=O)Nc1ccc(N2CCOCC2=O)c(F)c1. The van der Waals surface area contributed by atoms with Crippen LogP contribution >= 0.6 is 0 Å². The van der Waals surface area contributed by atoms with Crippen LogP contribution in [0, 0.1) is 11.2 Å². The first kappa shape index (κ1) is 21.3. The smallest absolute Gasteiger partial charge is 0.256 e. The summed E-state index contributed by atoms with van der Waals surface area (Å²) in [7, 11) is 0. The van der Waals surface area contributed by atoms with Crippen molar-refractivity contribution in [3.05, 3.63) is 24.0 Å². The van der Waals surface area contributed by atoms with Crippen LogP contribution in [0.2, 0.25) is 0 Å². The number of hydrogen-bond donors (Lipinski definition) is 3. The molecule has 0 aromatic heterocycles. The van der Waals surface area contributed by atoms with Crippen LogP contribution in [0.5, 0.6) is 0 Å². The van der Waals surface area contributed by atoms with E-state index in [0.717, 1.165) is 6.07 Å². The van der Waals surface area contributed by atoms with Gasteiger partial charge in [0.2, 0.25) is 11.8 Å². The maximum Gasteiger partial charge on any atom is 0.256 e. The van der Waals surface area contributed by atoms with Crippen molar-refractivity contribution in [1.29, 1.82) is 0 Å². The van der Waals surface area contributed by atoms with Gasteiger partial charge in [0.25, 0.3) is 11.8 Å². The van der Waals surface area contributed by atoms with E-state index in [1.54, 1.807) is 20.8 Å². The van der Waals surface area contributed by atoms with Crippen LogP contribution < -0.4 is 21.3 Å². The van der Waals surface area contributed by atoms with Crippen LogP contribution in [0.3, 0.4) is 0 Å². The summed E-state index contributed by atoms with van der Waals surface area (Å²) in [5, 5.41) is 4.61. The molecular formula is C18H23FN4O5. The van der Waals surface area contributed by atoms with E-state index in [4.69, 9.17) is 10.5 Å². The Labute approximate surface area is 161 Å². The Morgan fingerprint density at radius 1 is 1.29 bits per heavy atom. The fourth-order valence-electron chi connectivity index (χ4n) is 2.40. The van der Waals surface area contributed by atoms with E-state index in [2.05, 4.69) is 10.6 Å². The predicted molar refractivity (Wildman–Crippen MR) is 98.8 cm³/mol. The number of benzene rings is 1. The van der Waals surface area contributed by atoms with Crippen LogP contribution in [0.15, 0.2) is 18.2 Å². The molecule has 1 atom stereocenters. The quantitative estimate of drug-likeness (QED) is 0.612.